The van der Waals surface area contributed by atoms with Crippen molar-refractivity contribution in [2.45, 2.75) is 13.8 Å². The molecular formula is C15H13ClN2. The number of fused-ring (bicyclic) bond motifs is 1. The highest BCUT2D eigenvalue weighted by Crippen LogP contribution is 2.25. The van der Waals surface area contributed by atoms with Gasteiger partial charge in [-0.05, 0) is 26.0 Å². The molecule has 0 saturated heterocycles. The Morgan fingerprint density at radius 2 is 1.72 bits per heavy atom. The van der Waals surface area contributed by atoms with Crippen LogP contribution < -0.4 is 0 Å². The highest BCUT2D eigenvalue weighted by atomic mass is 35.5. The van der Waals surface area contributed by atoms with Gasteiger partial charge in [0.2, 0.25) is 0 Å². The first-order chi connectivity index (χ1) is 8.65. The van der Waals surface area contributed by atoms with E-state index in [1.165, 1.54) is 5.56 Å². The van der Waals surface area contributed by atoms with Crippen molar-refractivity contribution >= 4 is 17.2 Å². The van der Waals surface area contributed by atoms with Crippen molar-refractivity contribution in [3.05, 3.63) is 58.9 Å². The predicted molar refractivity (Wildman–Crippen MR) is 75.1 cm³/mol. The van der Waals surface area contributed by atoms with Gasteiger partial charge in [0.25, 0.3) is 0 Å². The highest BCUT2D eigenvalue weighted by Gasteiger charge is 2.10. The second-order valence-corrected chi connectivity index (χ2v) is 4.92. The quantitative estimate of drug-likeness (QED) is 0.636. The number of benzene rings is 1. The van der Waals surface area contributed by atoms with Gasteiger partial charge in [-0.2, -0.15) is 0 Å². The van der Waals surface area contributed by atoms with Crippen LogP contribution in [0.5, 0.6) is 0 Å². The van der Waals surface area contributed by atoms with E-state index in [0.29, 0.717) is 0 Å². The average molecular weight is 257 g/mol. The maximum atomic E-state index is 6.02. The van der Waals surface area contributed by atoms with Crippen LogP contribution in [0.25, 0.3) is 16.9 Å². The summed E-state index contributed by atoms with van der Waals surface area (Å²) in [6.07, 6.45) is 1.90. The fraction of sp³-hybridized carbons (Fsp3) is 0.133. The smallest absolute Gasteiger partial charge is 0.137 e. The van der Waals surface area contributed by atoms with Gasteiger partial charge in [0.15, 0.2) is 0 Å². The van der Waals surface area contributed by atoms with Crippen LogP contribution in [-0.2, 0) is 0 Å². The number of aromatic nitrogens is 2. The van der Waals surface area contributed by atoms with Gasteiger partial charge in [0.05, 0.1) is 10.7 Å². The molecule has 1 aromatic carbocycles. The lowest BCUT2D eigenvalue weighted by Gasteiger charge is -2.00. The van der Waals surface area contributed by atoms with Crippen molar-refractivity contribution in [2.75, 3.05) is 0 Å². The number of hydrogen-bond acceptors (Lipinski definition) is 1. The van der Waals surface area contributed by atoms with Crippen molar-refractivity contribution in [1.29, 1.82) is 0 Å². The monoisotopic (exact) mass is 256 g/mol. The van der Waals surface area contributed by atoms with E-state index in [9.17, 15) is 0 Å². The molecule has 0 unspecified atom stereocenters. The topological polar surface area (TPSA) is 17.3 Å². The lowest BCUT2D eigenvalue weighted by Crippen LogP contribution is -1.87. The van der Waals surface area contributed by atoms with E-state index in [1.807, 2.05) is 22.7 Å². The van der Waals surface area contributed by atoms with Gasteiger partial charge < -0.3 is 4.40 Å². The zero-order valence-electron chi connectivity index (χ0n) is 10.3. The highest BCUT2D eigenvalue weighted by molar-refractivity contribution is 6.30. The van der Waals surface area contributed by atoms with E-state index in [-0.39, 0.29) is 0 Å². The van der Waals surface area contributed by atoms with E-state index >= 15 is 0 Å². The summed E-state index contributed by atoms with van der Waals surface area (Å²) in [6, 6.07) is 12.2. The summed E-state index contributed by atoms with van der Waals surface area (Å²) in [5.74, 6) is 0. The van der Waals surface area contributed by atoms with Gasteiger partial charge in [-0.25, -0.2) is 4.98 Å². The van der Waals surface area contributed by atoms with E-state index in [2.05, 4.69) is 43.1 Å². The third-order valence-corrected chi connectivity index (χ3v) is 3.37. The molecular weight excluding hydrogens is 244 g/mol. The molecule has 0 radical (unpaired) electrons. The summed E-state index contributed by atoms with van der Waals surface area (Å²) in [7, 11) is 0. The molecule has 3 heteroatoms. The normalized spacial score (nSPS) is 11.1. The van der Waals surface area contributed by atoms with Crippen LogP contribution in [0.2, 0.25) is 5.02 Å². The molecule has 0 N–H and O–H groups in total. The van der Waals surface area contributed by atoms with Gasteiger partial charge in [0.1, 0.15) is 5.65 Å². The van der Waals surface area contributed by atoms with Crippen LogP contribution in [0.3, 0.4) is 0 Å². The Kier molecular flexibility index (Phi) is 2.60. The number of rotatable bonds is 1. The van der Waals surface area contributed by atoms with Gasteiger partial charge in [-0.3, -0.25) is 0 Å². The van der Waals surface area contributed by atoms with Gasteiger partial charge in [-0.15, -0.1) is 0 Å². The van der Waals surface area contributed by atoms with Crippen LogP contribution in [0.15, 0.2) is 42.6 Å². The van der Waals surface area contributed by atoms with E-state index in [1.54, 1.807) is 0 Å². The van der Waals surface area contributed by atoms with Crippen molar-refractivity contribution in [1.82, 2.24) is 9.38 Å². The van der Waals surface area contributed by atoms with Crippen LogP contribution in [-0.4, -0.2) is 9.38 Å². The Morgan fingerprint density at radius 1 is 1.00 bits per heavy atom. The Balaban J connectivity index is 2.23. The van der Waals surface area contributed by atoms with Gasteiger partial charge >= 0.3 is 0 Å². The lowest BCUT2D eigenvalue weighted by molar-refractivity contribution is 1.11. The molecule has 0 saturated carbocycles. The Labute approximate surface area is 111 Å². The van der Waals surface area contributed by atoms with E-state index < -0.39 is 0 Å². The zero-order chi connectivity index (χ0) is 12.7. The molecule has 0 aliphatic carbocycles. The minimum absolute atomic E-state index is 0.721. The third kappa shape index (κ3) is 1.79. The van der Waals surface area contributed by atoms with Crippen molar-refractivity contribution < 1.29 is 0 Å². The van der Waals surface area contributed by atoms with Crippen LogP contribution >= 0.6 is 11.6 Å². The van der Waals surface area contributed by atoms with Gasteiger partial charge in [0, 0.05) is 17.5 Å². The number of nitrogens with zero attached hydrogens (tertiary/aromatic N) is 2. The summed E-state index contributed by atoms with van der Waals surface area (Å²) in [5, 5.41) is 0.721. The minimum Gasteiger partial charge on any atom is -0.302 e. The molecule has 0 atom stereocenters. The fourth-order valence-corrected chi connectivity index (χ4v) is 2.28. The van der Waals surface area contributed by atoms with Crippen LogP contribution in [0.4, 0.5) is 0 Å². The Bertz CT molecular complexity index is 711. The molecule has 0 spiro atoms. The molecule has 0 bridgehead atoms. The van der Waals surface area contributed by atoms with Gasteiger partial charge in [-0.1, -0.05) is 41.4 Å². The maximum absolute atomic E-state index is 6.02. The standard InChI is InChI=1S/C15H13ClN2/c1-10-3-5-12(6-4-10)15-11(2)18-9-13(16)7-8-14(18)17-15/h3-9H,1-2H3. The zero-order valence-corrected chi connectivity index (χ0v) is 11.1. The summed E-state index contributed by atoms with van der Waals surface area (Å²) >= 11 is 6.02. The molecule has 3 aromatic rings. The molecule has 2 aromatic heterocycles. The summed E-state index contributed by atoms with van der Waals surface area (Å²) in [5.41, 5.74) is 5.43. The molecule has 0 aliphatic heterocycles. The molecule has 2 heterocycles. The van der Waals surface area contributed by atoms with E-state index in [4.69, 9.17) is 11.6 Å². The number of imidazole rings is 1. The minimum atomic E-state index is 0.721. The fourth-order valence-electron chi connectivity index (χ4n) is 2.12. The molecule has 0 amide bonds. The number of halogens is 1. The molecule has 0 aliphatic rings. The molecule has 3 rings (SSSR count). The van der Waals surface area contributed by atoms with Crippen molar-refractivity contribution in [3.63, 3.8) is 0 Å². The first-order valence-corrected chi connectivity index (χ1v) is 6.24. The molecule has 2 nitrogen and oxygen atoms in total. The number of hydrogen-bond donors (Lipinski definition) is 0. The SMILES string of the molecule is Cc1ccc(-c2nc3ccc(Cl)cn3c2C)cc1. The van der Waals surface area contributed by atoms with Crippen molar-refractivity contribution in [3.8, 4) is 11.3 Å². The average Bonchev–Trinajstić information content (AvgIpc) is 2.68. The summed E-state index contributed by atoms with van der Waals surface area (Å²) in [4.78, 5) is 4.66. The predicted octanol–water partition coefficient (Wildman–Crippen LogP) is 4.27. The second kappa shape index (κ2) is 4.14. The number of aryl methyl sites for hydroxylation is 2. The molecule has 18 heavy (non-hydrogen) atoms. The molecule has 90 valence electrons. The second-order valence-electron chi connectivity index (χ2n) is 4.49. The lowest BCUT2D eigenvalue weighted by atomic mass is 10.1. The van der Waals surface area contributed by atoms with E-state index in [0.717, 1.165) is 27.6 Å². The van der Waals surface area contributed by atoms with Crippen LogP contribution in [0, 0.1) is 13.8 Å². The van der Waals surface area contributed by atoms with Crippen LogP contribution in [0.1, 0.15) is 11.3 Å². The van der Waals surface area contributed by atoms with Crippen molar-refractivity contribution in [2.24, 2.45) is 0 Å². The first kappa shape index (κ1) is 11.3. The summed E-state index contributed by atoms with van der Waals surface area (Å²) < 4.78 is 2.03. The first-order valence-electron chi connectivity index (χ1n) is 5.86. The maximum Gasteiger partial charge on any atom is 0.137 e. The third-order valence-electron chi connectivity index (χ3n) is 3.15. The molecule has 0 fully saturated rings. The number of pyridine rings is 1. The largest absolute Gasteiger partial charge is 0.302 e. The Hall–Kier alpha value is -1.80. The Morgan fingerprint density at radius 3 is 2.44 bits per heavy atom. The summed E-state index contributed by atoms with van der Waals surface area (Å²) in [6.45, 7) is 4.14.